The Morgan fingerprint density at radius 1 is 0.919 bits per heavy atom. The zero-order valence-electron chi connectivity index (χ0n) is 21.7. The minimum atomic E-state index is -1.27. The van der Waals surface area contributed by atoms with Gasteiger partial charge in [0, 0.05) is 32.7 Å². The summed E-state index contributed by atoms with van der Waals surface area (Å²) in [7, 11) is 0. The molecule has 5 atom stereocenters. The summed E-state index contributed by atoms with van der Waals surface area (Å²) >= 11 is 0. The summed E-state index contributed by atoms with van der Waals surface area (Å²) in [6.45, 7) is 5.60. The van der Waals surface area contributed by atoms with Gasteiger partial charge in [-0.25, -0.2) is 0 Å². The molecule has 5 rings (SSSR count). The van der Waals surface area contributed by atoms with Crippen molar-refractivity contribution in [1.82, 2.24) is 14.7 Å². The summed E-state index contributed by atoms with van der Waals surface area (Å²) < 4.78 is 6.78. The normalized spacial score (nSPS) is 32.9. The van der Waals surface area contributed by atoms with Gasteiger partial charge in [-0.3, -0.25) is 14.4 Å². The van der Waals surface area contributed by atoms with Crippen LogP contribution in [0, 0.1) is 11.8 Å². The van der Waals surface area contributed by atoms with Gasteiger partial charge in [0.25, 0.3) is 0 Å². The SMILES string of the molecule is CCCCCN1CC=C[C@]23O[C@]4(C)C=CCN(Cc5ccccc5)C(=O)[C@@H]4[C@H]2C(=O)N(CCO)C3C1=O. The van der Waals surface area contributed by atoms with E-state index in [0.29, 0.717) is 26.2 Å². The Morgan fingerprint density at radius 3 is 2.38 bits per heavy atom. The number of aliphatic hydroxyl groups is 1. The Bertz CT molecular complexity index is 1100. The van der Waals surface area contributed by atoms with Gasteiger partial charge in [-0.05, 0) is 18.9 Å². The number of nitrogens with zero attached hydrogens (tertiary/aromatic N) is 3. The maximum absolute atomic E-state index is 14.1. The molecule has 1 aromatic rings. The molecule has 4 heterocycles. The first-order valence-electron chi connectivity index (χ1n) is 13.4. The van der Waals surface area contributed by atoms with E-state index in [1.165, 1.54) is 4.90 Å². The van der Waals surface area contributed by atoms with Crippen molar-refractivity contribution in [3.8, 4) is 0 Å². The zero-order chi connectivity index (χ0) is 26.2. The lowest BCUT2D eigenvalue weighted by Gasteiger charge is -2.37. The number of rotatable bonds is 8. The van der Waals surface area contributed by atoms with E-state index >= 15 is 0 Å². The quantitative estimate of drug-likeness (QED) is 0.430. The van der Waals surface area contributed by atoms with Crippen molar-refractivity contribution in [1.29, 1.82) is 0 Å². The first-order valence-corrected chi connectivity index (χ1v) is 13.4. The number of fused-ring (bicyclic) bond motifs is 2. The van der Waals surface area contributed by atoms with Crippen molar-refractivity contribution in [2.45, 2.75) is 56.9 Å². The van der Waals surface area contributed by atoms with Gasteiger partial charge in [-0.15, -0.1) is 0 Å². The highest BCUT2D eigenvalue weighted by atomic mass is 16.5. The molecule has 0 aromatic heterocycles. The first kappa shape index (κ1) is 25.7. The van der Waals surface area contributed by atoms with Gasteiger partial charge in [0.15, 0.2) is 0 Å². The van der Waals surface area contributed by atoms with Crippen LogP contribution in [-0.2, 0) is 25.7 Å². The summed E-state index contributed by atoms with van der Waals surface area (Å²) in [6, 6.07) is 8.87. The molecule has 4 aliphatic heterocycles. The van der Waals surface area contributed by atoms with Crippen LogP contribution < -0.4 is 0 Å². The molecule has 1 unspecified atom stereocenters. The monoisotopic (exact) mass is 507 g/mol. The standard InChI is InChI=1S/C29H37N3O5/c1-3-4-8-15-30-16-10-14-29-23(26(35)32(18-19-33)24(29)27(30)36)22-25(34)31(17-9-13-28(22,2)37-29)20-21-11-6-5-7-12-21/h5-7,9-14,22-24,33H,3-4,8,15-20H2,1-2H3/t22-,23-,24?,28+,29-/m0/s1. The number of likely N-dealkylation sites (tertiary alicyclic amines) is 1. The maximum Gasteiger partial charge on any atom is 0.249 e. The fraction of sp³-hybridized carbons (Fsp3) is 0.552. The molecule has 2 fully saturated rings. The van der Waals surface area contributed by atoms with Gasteiger partial charge in [0.05, 0.1) is 24.0 Å². The van der Waals surface area contributed by atoms with Crippen LogP contribution >= 0.6 is 0 Å². The highest BCUT2D eigenvalue weighted by molar-refractivity contribution is 6.00. The van der Waals surface area contributed by atoms with Crippen LogP contribution in [0.1, 0.15) is 38.7 Å². The van der Waals surface area contributed by atoms with Crippen LogP contribution in [0.25, 0.3) is 0 Å². The molecule has 0 radical (unpaired) electrons. The van der Waals surface area contributed by atoms with Crippen molar-refractivity contribution in [3.05, 3.63) is 60.2 Å². The molecule has 3 amide bonds. The number of carbonyl (C=O) groups is 3. The maximum atomic E-state index is 14.1. The highest BCUT2D eigenvalue weighted by Crippen LogP contribution is 2.57. The number of carbonyl (C=O) groups excluding carboxylic acids is 3. The Labute approximate surface area is 218 Å². The molecular weight excluding hydrogens is 470 g/mol. The van der Waals surface area contributed by atoms with E-state index in [2.05, 4.69) is 6.92 Å². The summed E-state index contributed by atoms with van der Waals surface area (Å²) in [6.07, 6.45) is 10.5. The second kappa shape index (κ2) is 10.1. The topological polar surface area (TPSA) is 90.4 Å². The summed E-state index contributed by atoms with van der Waals surface area (Å²) in [5.74, 6) is -2.26. The van der Waals surface area contributed by atoms with Crippen LogP contribution in [0.4, 0.5) is 0 Å². The van der Waals surface area contributed by atoms with Gasteiger partial charge in [0.1, 0.15) is 11.6 Å². The zero-order valence-corrected chi connectivity index (χ0v) is 21.7. The van der Waals surface area contributed by atoms with Crippen LogP contribution in [0.15, 0.2) is 54.6 Å². The van der Waals surface area contributed by atoms with E-state index in [-0.39, 0.29) is 30.9 Å². The number of β-amino-alcohol motifs (C(OH)–C–C–N with tert-alkyl or cyclic N) is 1. The molecule has 0 saturated carbocycles. The van der Waals surface area contributed by atoms with Crippen LogP contribution in [0.3, 0.4) is 0 Å². The molecule has 1 spiro atoms. The summed E-state index contributed by atoms with van der Waals surface area (Å²) in [5, 5.41) is 9.81. The Hall–Kier alpha value is -2.97. The molecule has 0 aliphatic carbocycles. The molecule has 1 aromatic carbocycles. The number of hydrogen-bond acceptors (Lipinski definition) is 5. The lowest BCUT2D eigenvalue weighted by atomic mass is 9.74. The van der Waals surface area contributed by atoms with E-state index in [1.54, 1.807) is 9.80 Å². The average molecular weight is 508 g/mol. The fourth-order valence-corrected chi connectivity index (χ4v) is 6.67. The van der Waals surface area contributed by atoms with E-state index in [0.717, 1.165) is 24.8 Å². The molecule has 8 heteroatoms. The first-order chi connectivity index (χ1) is 17.9. The number of benzene rings is 1. The second-order valence-electron chi connectivity index (χ2n) is 10.8. The Kier molecular flexibility index (Phi) is 6.98. The van der Waals surface area contributed by atoms with Crippen LogP contribution in [0.5, 0.6) is 0 Å². The van der Waals surface area contributed by atoms with Gasteiger partial charge in [-0.1, -0.05) is 74.4 Å². The minimum absolute atomic E-state index is 0.0225. The van der Waals surface area contributed by atoms with Gasteiger partial charge in [0.2, 0.25) is 17.7 Å². The van der Waals surface area contributed by atoms with Crippen molar-refractivity contribution >= 4 is 17.7 Å². The number of unbranched alkanes of at least 4 members (excludes halogenated alkanes) is 2. The summed E-state index contributed by atoms with van der Waals surface area (Å²) in [4.78, 5) is 47.1. The van der Waals surface area contributed by atoms with Crippen molar-refractivity contribution in [2.24, 2.45) is 11.8 Å². The number of amides is 3. The molecule has 0 bridgehead atoms. The van der Waals surface area contributed by atoms with E-state index in [1.807, 2.05) is 61.6 Å². The molecule has 37 heavy (non-hydrogen) atoms. The smallest absolute Gasteiger partial charge is 0.249 e. The minimum Gasteiger partial charge on any atom is -0.395 e. The van der Waals surface area contributed by atoms with Crippen molar-refractivity contribution in [3.63, 3.8) is 0 Å². The summed E-state index contributed by atoms with van der Waals surface area (Å²) in [5.41, 5.74) is -1.29. The van der Waals surface area contributed by atoms with Gasteiger partial charge < -0.3 is 24.5 Å². The molecule has 8 nitrogen and oxygen atoms in total. The molecule has 198 valence electrons. The number of ether oxygens (including phenoxy) is 1. The molecule has 1 N–H and O–H groups in total. The fourth-order valence-electron chi connectivity index (χ4n) is 6.67. The Balaban J connectivity index is 1.53. The van der Waals surface area contributed by atoms with E-state index < -0.39 is 29.1 Å². The molecule has 2 saturated heterocycles. The third kappa shape index (κ3) is 4.20. The van der Waals surface area contributed by atoms with Gasteiger partial charge >= 0.3 is 0 Å². The lowest BCUT2D eigenvalue weighted by Crippen LogP contribution is -2.56. The largest absolute Gasteiger partial charge is 0.395 e. The second-order valence-corrected chi connectivity index (χ2v) is 10.8. The molecular formula is C29H37N3O5. The predicted molar refractivity (Wildman–Crippen MR) is 138 cm³/mol. The number of aliphatic hydroxyl groups excluding tert-OH is 1. The van der Waals surface area contributed by atoms with E-state index in [4.69, 9.17) is 4.74 Å². The molecule has 4 aliphatic rings. The van der Waals surface area contributed by atoms with Crippen molar-refractivity contribution < 1.29 is 24.2 Å². The van der Waals surface area contributed by atoms with E-state index in [9.17, 15) is 19.5 Å². The lowest BCUT2D eigenvalue weighted by molar-refractivity contribution is -0.153. The van der Waals surface area contributed by atoms with Gasteiger partial charge in [-0.2, -0.15) is 0 Å². The Morgan fingerprint density at radius 2 is 1.65 bits per heavy atom. The average Bonchev–Trinajstić information content (AvgIpc) is 3.15. The highest BCUT2D eigenvalue weighted by Gasteiger charge is 2.74. The van der Waals surface area contributed by atoms with Crippen LogP contribution in [-0.4, -0.2) is 87.6 Å². The number of hydrogen-bond donors (Lipinski definition) is 1. The third-order valence-corrected chi connectivity index (χ3v) is 8.31. The van der Waals surface area contributed by atoms with Crippen LogP contribution in [0.2, 0.25) is 0 Å². The van der Waals surface area contributed by atoms with Crippen molar-refractivity contribution in [2.75, 3.05) is 32.8 Å². The third-order valence-electron chi connectivity index (χ3n) is 8.31. The predicted octanol–water partition coefficient (Wildman–Crippen LogP) is 2.14.